The summed E-state index contributed by atoms with van der Waals surface area (Å²) in [4.78, 5) is 23.0. The summed E-state index contributed by atoms with van der Waals surface area (Å²) in [6, 6.07) is 3.78. The van der Waals surface area contributed by atoms with Crippen LogP contribution in [0.5, 0.6) is 0 Å². The summed E-state index contributed by atoms with van der Waals surface area (Å²) in [6.45, 7) is 0.794. The maximum Gasteiger partial charge on any atom is 0.335 e. The molecule has 2 rings (SSSR count). The Morgan fingerprint density at radius 1 is 1.42 bits per heavy atom. The van der Waals surface area contributed by atoms with Gasteiger partial charge in [0.25, 0.3) is 5.69 Å². The Morgan fingerprint density at radius 2 is 2.05 bits per heavy atom. The summed E-state index contributed by atoms with van der Waals surface area (Å²) in [7, 11) is 0. The van der Waals surface area contributed by atoms with Crippen molar-refractivity contribution in [2.75, 3.05) is 18.0 Å². The van der Waals surface area contributed by atoms with Gasteiger partial charge in [0, 0.05) is 19.2 Å². The summed E-state index contributed by atoms with van der Waals surface area (Å²) in [5, 5.41) is 19.9. The molecule has 1 aliphatic rings. The highest BCUT2D eigenvalue weighted by molar-refractivity contribution is 5.89. The van der Waals surface area contributed by atoms with Gasteiger partial charge in [0.2, 0.25) is 0 Å². The summed E-state index contributed by atoms with van der Waals surface area (Å²) in [6.07, 6.45) is -0.205. The second kappa shape index (κ2) is 5.21. The molecular weight excluding hydrogens is 255 g/mol. The molecule has 0 spiro atoms. The van der Waals surface area contributed by atoms with E-state index < -0.39 is 17.1 Å². The number of hydrogen-bond acceptors (Lipinski definition) is 4. The molecule has 1 aromatic rings. The van der Waals surface area contributed by atoms with E-state index in [0.717, 1.165) is 6.07 Å². The Bertz CT molecular complexity index is 512. The van der Waals surface area contributed by atoms with Crippen LogP contribution in [0.2, 0.25) is 0 Å². The number of alkyl halides is 1. The molecule has 1 aromatic carbocycles. The van der Waals surface area contributed by atoms with Crippen LogP contribution < -0.4 is 4.90 Å². The number of carboxylic acids is 1. The van der Waals surface area contributed by atoms with Crippen LogP contribution in [0.25, 0.3) is 0 Å². The fraction of sp³-hybridized carbons (Fsp3) is 0.417. The van der Waals surface area contributed by atoms with E-state index in [4.69, 9.17) is 5.11 Å². The van der Waals surface area contributed by atoms with E-state index in [1.807, 2.05) is 0 Å². The maximum atomic E-state index is 13.1. The van der Waals surface area contributed by atoms with Crippen molar-refractivity contribution in [3.63, 3.8) is 0 Å². The largest absolute Gasteiger partial charge is 0.478 e. The second-order valence-electron chi connectivity index (χ2n) is 4.43. The molecule has 19 heavy (non-hydrogen) atoms. The number of halogens is 1. The number of carbonyl (C=O) groups is 1. The molecule has 1 heterocycles. The zero-order chi connectivity index (χ0) is 14.0. The Kier molecular flexibility index (Phi) is 3.64. The third-order valence-electron chi connectivity index (χ3n) is 3.18. The van der Waals surface area contributed by atoms with Crippen molar-refractivity contribution in [2.24, 2.45) is 0 Å². The number of aromatic carboxylic acids is 1. The fourth-order valence-corrected chi connectivity index (χ4v) is 2.16. The molecule has 0 aromatic heterocycles. The lowest BCUT2D eigenvalue weighted by Crippen LogP contribution is -2.34. The SMILES string of the molecule is O=C(O)c1ccc(N2CCC(F)CC2)c([N+](=O)[O-])c1. The summed E-state index contributed by atoms with van der Waals surface area (Å²) in [5.41, 5.74) is -0.0325. The Labute approximate surface area is 108 Å². The maximum absolute atomic E-state index is 13.1. The van der Waals surface area contributed by atoms with E-state index in [9.17, 15) is 19.3 Å². The molecular formula is C12H13FN2O4. The zero-order valence-corrected chi connectivity index (χ0v) is 10.1. The minimum absolute atomic E-state index is 0.129. The number of nitro benzene ring substituents is 1. The van der Waals surface area contributed by atoms with Gasteiger partial charge in [0.15, 0.2) is 0 Å². The third-order valence-corrected chi connectivity index (χ3v) is 3.18. The first-order valence-electron chi connectivity index (χ1n) is 5.90. The molecule has 6 nitrogen and oxygen atoms in total. The molecule has 0 saturated carbocycles. The molecule has 7 heteroatoms. The minimum Gasteiger partial charge on any atom is -0.478 e. The lowest BCUT2D eigenvalue weighted by molar-refractivity contribution is -0.384. The minimum atomic E-state index is -1.21. The van der Waals surface area contributed by atoms with Gasteiger partial charge in [-0.1, -0.05) is 0 Å². The van der Waals surface area contributed by atoms with Crippen LogP contribution in [-0.4, -0.2) is 35.3 Å². The van der Waals surface area contributed by atoms with E-state index in [-0.39, 0.29) is 11.3 Å². The first-order valence-corrected chi connectivity index (χ1v) is 5.90. The van der Waals surface area contributed by atoms with E-state index in [0.29, 0.717) is 31.6 Å². The van der Waals surface area contributed by atoms with Crippen LogP contribution in [0.1, 0.15) is 23.2 Å². The van der Waals surface area contributed by atoms with Gasteiger partial charge in [-0.3, -0.25) is 10.1 Å². The van der Waals surface area contributed by atoms with Crippen LogP contribution in [-0.2, 0) is 0 Å². The highest BCUT2D eigenvalue weighted by atomic mass is 19.1. The summed E-state index contributed by atoms with van der Waals surface area (Å²) in [5.74, 6) is -1.21. The van der Waals surface area contributed by atoms with E-state index in [2.05, 4.69) is 0 Å². The molecule has 0 atom stereocenters. The Balaban J connectivity index is 2.34. The van der Waals surface area contributed by atoms with Crippen LogP contribution in [0.4, 0.5) is 15.8 Å². The normalized spacial score (nSPS) is 16.4. The molecule has 1 saturated heterocycles. The van der Waals surface area contributed by atoms with Crippen molar-refractivity contribution in [3.8, 4) is 0 Å². The predicted octanol–water partition coefficient (Wildman–Crippen LogP) is 2.23. The van der Waals surface area contributed by atoms with E-state index in [1.165, 1.54) is 12.1 Å². The van der Waals surface area contributed by atoms with Gasteiger partial charge >= 0.3 is 5.97 Å². The van der Waals surface area contributed by atoms with Gasteiger partial charge < -0.3 is 10.0 Å². The molecule has 0 radical (unpaired) electrons. The Morgan fingerprint density at radius 3 is 2.58 bits per heavy atom. The molecule has 1 N–H and O–H groups in total. The van der Waals surface area contributed by atoms with Gasteiger partial charge in [-0.2, -0.15) is 0 Å². The van der Waals surface area contributed by atoms with Gasteiger partial charge in [0.1, 0.15) is 11.9 Å². The van der Waals surface area contributed by atoms with Gasteiger partial charge in [-0.05, 0) is 25.0 Å². The van der Waals surface area contributed by atoms with Crippen molar-refractivity contribution >= 4 is 17.3 Å². The van der Waals surface area contributed by atoms with Gasteiger partial charge in [-0.15, -0.1) is 0 Å². The lowest BCUT2D eigenvalue weighted by atomic mass is 10.1. The predicted molar refractivity (Wildman–Crippen MR) is 66.4 cm³/mol. The fourth-order valence-electron chi connectivity index (χ4n) is 2.16. The molecule has 0 unspecified atom stereocenters. The third kappa shape index (κ3) is 2.81. The number of hydrogen-bond donors (Lipinski definition) is 1. The molecule has 0 amide bonds. The Hall–Kier alpha value is -2.18. The average Bonchev–Trinajstić information content (AvgIpc) is 2.38. The number of piperidine rings is 1. The van der Waals surface area contributed by atoms with Crippen LogP contribution in [0, 0.1) is 10.1 Å². The number of benzene rings is 1. The van der Waals surface area contributed by atoms with E-state index in [1.54, 1.807) is 4.90 Å². The molecule has 1 fully saturated rings. The zero-order valence-electron chi connectivity index (χ0n) is 10.1. The van der Waals surface area contributed by atoms with Crippen LogP contribution in [0.15, 0.2) is 18.2 Å². The quantitative estimate of drug-likeness (QED) is 0.671. The number of nitro groups is 1. The molecule has 1 aliphatic heterocycles. The number of anilines is 1. The summed E-state index contributed by atoms with van der Waals surface area (Å²) < 4.78 is 13.1. The number of rotatable bonds is 3. The van der Waals surface area contributed by atoms with Gasteiger partial charge in [0.05, 0.1) is 10.5 Å². The molecule has 0 bridgehead atoms. The van der Waals surface area contributed by atoms with Crippen LogP contribution >= 0.6 is 0 Å². The first kappa shape index (κ1) is 13.3. The highest BCUT2D eigenvalue weighted by Gasteiger charge is 2.25. The second-order valence-corrected chi connectivity index (χ2v) is 4.43. The van der Waals surface area contributed by atoms with Crippen LogP contribution in [0.3, 0.4) is 0 Å². The van der Waals surface area contributed by atoms with Crippen molar-refractivity contribution < 1.29 is 19.2 Å². The monoisotopic (exact) mass is 268 g/mol. The van der Waals surface area contributed by atoms with E-state index >= 15 is 0 Å². The number of carboxylic acid groups (broad SMARTS) is 1. The molecule has 0 aliphatic carbocycles. The first-order chi connectivity index (χ1) is 8.99. The number of nitrogens with zero attached hydrogens (tertiary/aromatic N) is 2. The topological polar surface area (TPSA) is 83.7 Å². The van der Waals surface area contributed by atoms with Crippen molar-refractivity contribution in [1.82, 2.24) is 0 Å². The highest BCUT2D eigenvalue weighted by Crippen LogP contribution is 2.31. The summed E-state index contributed by atoms with van der Waals surface area (Å²) >= 11 is 0. The standard InChI is InChI=1S/C12H13FN2O4/c13-9-3-5-14(6-4-9)10-2-1-8(12(16)17)7-11(10)15(18)19/h1-2,7,9H,3-6H2,(H,16,17). The lowest BCUT2D eigenvalue weighted by Gasteiger charge is -2.30. The average molecular weight is 268 g/mol. The smallest absolute Gasteiger partial charge is 0.335 e. The molecule has 102 valence electrons. The van der Waals surface area contributed by atoms with Gasteiger partial charge in [-0.25, -0.2) is 9.18 Å². The van der Waals surface area contributed by atoms with Crippen molar-refractivity contribution in [1.29, 1.82) is 0 Å². The van der Waals surface area contributed by atoms with Crippen molar-refractivity contribution in [3.05, 3.63) is 33.9 Å². The van der Waals surface area contributed by atoms with Crippen molar-refractivity contribution in [2.45, 2.75) is 19.0 Å².